The summed E-state index contributed by atoms with van der Waals surface area (Å²) in [5.74, 6) is -3.49. The van der Waals surface area contributed by atoms with Crippen LogP contribution in [0.4, 0.5) is 0 Å². The highest BCUT2D eigenvalue weighted by Gasteiger charge is 2.45. The summed E-state index contributed by atoms with van der Waals surface area (Å²) in [5.41, 5.74) is -0.148. The molecule has 2 aliphatic rings. The lowest BCUT2D eigenvalue weighted by Gasteiger charge is -2.43. The summed E-state index contributed by atoms with van der Waals surface area (Å²) in [6, 6.07) is 5.65. The number of tetrazole rings is 1. The van der Waals surface area contributed by atoms with Crippen molar-refractivity contribution in [3.8, 4) is 5.69 Å². The van der Waals surface area contributed by atoms with Gasteiger partial charge in [0.05, 0.1) is 23.9 Å². The number of fused-ring (bicyclic) bond motifs is 1. The summed E-state index contributed by atoms with van der Waals surface area (Å²) >= 11 is 1.03. The number of hydrazine groups is 1. The number of para-hydroxylation sites is 1. The Balaban J connectivity index is 1.53. The molecule has 2 N–H and O–H groups in total. The Kier molecular flexibility index (Phi) is 10.3. The molecule has 4 rings (SSSR count). The molecule has 2 saturated heterocycles. The van der Waals surface area contributed by atoms with E-state index in [4.69, 9.17) is 4.74 Å². The predicted octanol–water partition coefficient (Wildman–Crippen LogP) is 0.573. The van der Waals surface area contributed by atoms with E-state index in [1.54, 1.807) is 32.9 Å². The monoisotopic (exact) mass is 628 g/mol. The number of ketones is 1. The number of Topliss-reactive ketones (excluding diaryl/α,β-unsaturated/α-hetero) is 1. The Bertz CT molecular complexity index is 1410. The zero-order valence-corrected chi connectivity index (χ0v) is 25.8. The number of carbonyl (C=O) groups excluding carboxylic acids is 6. The standard InChI is InChI=1S/C28H36N8O7S/c1-17(37)29-19-12-13-23(39)34-14-8-11-21(36(34)26(19)42)25(41)30-20(15-24(40)43-28(2,3)4)22(38)16-44-27-31-32-33-35(27)18-9-6-5-7-10-18/h5-7,9-10,19-21H,8,11-16H2,1-4H3,(H,29,37)(H,30,41). The van der Waals surface area contributed by atoms with Gasteiger partial charge in [0.2, 0.25) is 22.9 Å². The van der Waals surface area contributed by atoms with E-state index >= 15 is 0 Å². The first kappa shape index (κ1) is 32.6. The van der Waals surface area contributed by atoms with Gasteiger partial charge in [-0.3, -0.25) is 33.8 Å². The maximum atomic E-state index is 13.7. The molecule has 2 aromatic rings. The van der Waals surface area contributed by atoms with Crippen molar-refractivity contribution in [1.82, 2.24) is 40.9 Å². The predicted molar refractivity (Wildman–Crippen MR) is 156 cm³/mol. The van der Waals surface area contributed by atoms with Gasteiger partial charge in [-0.05, 0) is 62.6 Å². The number of carbonyl (C=O) groups is 6. The van der Waals surface area contributed by atoms with E-state index < -0.39 is 59.6 Å². The lowest BCUT2D eigenvalue weighted by molar-refractivity contribution is -0.176. The molecular formula is C28H36N8O7S. The van der Waals surface area contributed by atoms with Crippen LogP contribution in [0.15, 0.2) is 35.5 Å². The highest BCUT2D eigenvalue weighted by molar-refractivity contribution is 7.99. The molecule has 0 aliphatic carbocycles. The summed E-state index contributed by atoms with van der Waals surface area (Å²) in [7, 11) is 0. The molecule has 0 spiro atoms. The van der Waals surface area contributed by atoms with Crippen LogP contribution in [0, 0.1) is 0 Å². The minimum Gasteiger partial charge on any atom is -0.460 e. The van der Waals surface area contributed by atoms with Gasteiger partial charge in [0.25, 0.3) is 5.91 Å². The summed E-state index contributed by atoms with van der Waals surface area (Å²) in [6.07, 6.45) is 0.298. The SMILES string of the molecule is CC(=O)NC1CCC(=O)N2CCCC(C(=O)NC(CC(=O)OC(C)(C)C)C(=O)CSc3nnnn3-c3ccccc3)N2C1=O. The van der Waals surface area contributed by atoms with E-state index in [0.717, 1.165) is 16.8 Å². The molecule has 1 aromatic heterocycles. The van der Waals surface area contributed by atoms with Crippen molar-refractivity contribution in [3.63, 3.8) is 0 Å². The fourth-order valence-electron chi connectivity index (χ4n) is 4.95. The van der Waals surface area contributed by atoms with Crippen LogP contribution in [0.2, 0.25) is 0 Å². The molecule has 236 valence electrons. The van der Waals surface area contributed by atoms with Crippen molar-refractivity contribution in [3.05, 3.63) is 30.3 Å². The molecule has 0 saturated carbocycles. The van der Waals surface area contributed by atoms with Gasteiger partial charge in [-0.15, -0.1) is 5.10 Å². The molecule has 3 unspecified atom stereocenters. The first-order chi connectivity index (χ1) is 20.8. The number of hydrogen-bond acceptors (Lipinski definition) is 11. The zero-order valence-electron chi connectivity index (χ0n) is 25.0. The third kappa shape index (κ3) is 8.18. The van der Waals surface area contributed by atoms with Gasteiger partial charge < -0.3 is 15.4 Å². The molecule has 0 radical (unpaired) electrons. The van der Waals surface area contributed by atoms with E-state index in [1.165, 1.54) is 16.6 Å². The van der Waals surface area contributed by atoms with Gasteiger partial charge in [0, 0.05) is 19.9 Å². The summed E-state index contributed by atoms with van der Waals surface area (Å²) in [4.78, 5) is 78.1. The van der Waals surface area contributed by atoms with E-state index in [2.05, 4.69) is 26.2 Å². The van der Waals surface area contributed by atoms with Crippen molar-refractivity contribution in [2.45, 2.75) is 88.7 Å². The second-order valence-electron chi connectivity index (χ2n) is 11.5. The number of thioether (sulfide) groups is 1. The van der Waals surface area contributed by atoms with Crippen molar-refractivity contribution in [2.24, 2.45) is 0 Å². The van der Waals surface area contributed by atoms with Gasteiger partial charge in [-0.1, -0.05) is 30.0 Å². The molecule has 2 aliphatic heterocycles. The molecule has 3 heterocycles. The Morgan fingerprint density at radius 1 is 1.11 bits per heavy atom. The van der Waals surface area contributed by atoms with Gasteiger partial charge in [0.1, 0.15) is 17.7 Å². The average Bonchev–Trinajstić information content (AvgIpc) is 3.40. The van der Waals surface area contributed by atoms with Crippen molar-refractivity contribution in [1.29, 1.82) is 0 Å². The molecule has 4 amide bonds. The van der Waals surface area contributed by atoms with Crippen LogP contribution in [0.1, 0.15) is 59.8 Å². The highest BCUT2D eigenvalue weighted by atomic mass is 32.2. The number of benzene rings is 1. The van der Waals surface area contributed by atoms with Crippen LogP contribution in [-0.4, -0.2) is 102 Å². The van der Waals surface area contributed by atoms with Crippen molar-refractivity contribution >= 4 is 47.1 Å². The molecule has 44 heavy (non-hydrogen) atoms. The maximum absolute atomic E-state index is 13.7. The maximum Gasteiger partial charge on any atom is 0.308 e. The summed E-state index contributed by atoms with van der Waals surface area (Å²) in [6.45, 7) is 6.55. The Morgan fingerprint density at radius 2 is 1.84 bits per heavy atom. The molecule has 16 heteroatoms. The lowest BCUT2D eigenvalue weighted by Crippen LogP contribution is -2.64. The van der Waals surface area contributed by atoms with E-state index in [1.807, 2.05) is 18.2 Å². The normalized spacial score (nSPS) is 19.5. The minimum atomic E-state index is -1.30. The molecule has 15 nitrogen and oxygen atoms in total. The largest absolute Gasteiger partial charge is 0.460 e. The number of rotatable bonds is 10. The highest BCUT2D eigenvalue weighted by Crippen LogP contribution is 2.26. The van der Waals surface area contributed by atoms with Gasteiger partial charge in [0.15, 0.2) is 5.78 Å². The van der Waals surface area contributed by atoms with Gasteiger partial charge >= 0.3 is 5.97 Å². The molecule has 0 bridgehead atoms. The molecule has 3 atom stereocenters. The van der Waals surface area contributed by atoms with Crippen LogP contribution < -0.4 is 10.6 Å². The number of nitrogens with zero attached hydrogens (tertiary/aromatic N) is 6. The fraction of sp³-hybridized carbons (Fsp3) is 0.536. The Hall–Kier alpha value is -4.34. The lowest BCUT2D eigenvalue weighted by atomic mass is 10.0. The van der Waals surface area contributed by atoms with Gasteiger partial charge in [-0.25, -0.2) is 5.01 Å². The second kappa shape index (κ2) is 14.0. The van der Waals surface area contributed by atoms with E-state index in [0.29, 0.717) is 17.3 Å². The third-order valence-electron chi connectivity index (χ3n) is 6.82. The molecular weight excluding hydrogens is 592 g/mol. The smallest absolute Gasteiger partial charge is 0.308 e. The summed E-state index contributed by atoms with van der Waals surface area (Å²) in [5, 5.41) is 19.5. The Labute approximate surface area is 258 Å². The number of amides is 4. The number of hydrogen-bond donors (Lipinski definition) is 2. The van der Waals surface area contributed by atoms with Crippen LogP contribution in [0.5, 0.6) is 0 Å². The van der Waals surface area contributed by atoms with Crippen LogP contribution in [0.3, 0.4) is 0 Å². The van der Waals surface area contributed by atoms with E-state index in [9.17, 15) is 28.8 Å². The minimum absolute atomic E-state index is 0.0148. The topological polar surface area (TPSA) is 186 Å². The van der Waals surface area contributed by atoms with Crippen LogP contribution >= 0.6 is 11.8 Å². The number of nitrogens with one attached hydrogen (secondary N) is 2. The van der Waals surface area contributed by atoms with Crippen LogP contribution in [-0.2, 0) is 33.5 Å². The first-order valence-corrected chi connectivity index (χ1v) is 15.2. The number of esters is 1. The number of ether oxygens (including phenoxy) is 1. The Morgan fingerprint density at radius 3 is 2.52 bits per heavy atom. The second-order valence-corrected chi connectivity index (χ2v) is 12.4. The van der Waals surface area contributed by atoms with Crippen molar-refractivity contribution < 1.29 is 33.5 Å². The zero-order chi connectivity index (χ0) is 32.0. The van der Waals surface area contributed by atoms with Crippen LogP contribution in [0.25, 0.3) is 5.69 Å². The third-order valence-corrected chi connectivity index (χ3v) is 7.76. The van der Waals surface area contributed by atoms with E-state index in [-0.39, 0.29) is 37.5 Å². The number of aromatic nitrogens is 4. The quantitative estimate of drug-likeness (QED) is 0.277. The summed E-state index contributed by atoms with van der Waals surface area (Å²) < 4.78 is 6.88. The van der Waals surface area contributed by atoms with Gasteiger partial charge in [-0.2, -0.15) is 4.68 Å². The average molecular weight is 629 g/mol. The fourth-order valence-corrected chi connectivity index (χ4v) is 5.78. The molecule has 1 aromatic carbocycles. The van der Waals surface area contributed by atoms with Crippen molar-refractivity contribution in [2.75, 3.05) is 12.3 Å². The first-order valence-electron chi connectivity index (χ1n) is 14.3. The molecule has 2 fully saturated rings.